The van der Waals surface area contributed by atoms with E-state index in [0.29, 0.717) is 23.7 Å². The van der Waals surface area contributed by atoms with Crippen LogP contribution < -0.4 is 25.6 Å². The third-order valence-electron chi connectivity index (χ3n) is 6.19. The number of hydrogen-bond acceptors (Lipinski definition) is 7. The SMILES string of the molecule is CCCN1C(=O)C(F)(F)CN(C2CCCC2)c2nc(Nc3ccc(C(N)=O)cc3OC)ncc21. The van der Waals surface area contributed by atoms with Crippen molar-refractivity contribution >= 4 is 35.0 Å². The minimum Gasteiger partial charge on any atom is -0.495 e. The second kappa shape index (κ2) is 9.40. The lowest BCUT2D eigenvalue weighted by molar-refractivity contribution is -0.141. The molecule has 2 heterocycles. The van der Waals surface area contributed by atoms with Crippen molar-refractivity contribution in [2.24, 2.45) is 5.73 Å². The first kappa shape index (κ1) is 23.7. The number of carbonyl (C=O) groups excluding carboxylic acids is 2. The van der Waals surface area contributed by atoms with Gasteiger partial charge in [0.25, 0.3) is 5.91 Å². The highest BCUT2D eigenvalue weighted by Crippen LogP contribution is 2.40. The van der Waals surface area contributed by atoms with Crippen LogP contribution in [-0.2, 0) is 4.79 Å². The van der Waals surface area contributed by atoms with Crippen LogP contribution in [0.15, 0.2) is 24.4 Å². The quantitative estimate of drug-likeness (QED) is 0.632. The van der Waals surface area contributed by atoms with Crippen molar-refractivity contribution in [3.05, 3.63) is 30.0 Å². The number of primary amides is 1. The van der Waals surface area contributed by atoms with E-state index in [9.17, 15) is 18.4 Å². The van der Waals surface area contributed by atoms with E-state index >= 15 is 0 Å². The van der Waals surface area contributed by atoms with Gasteiger partial charge in [-0.3, -0.25) is 9.59 Å². The molecular weight excluding hydrogens is 446 g/mol. The zero-order valence-corrected chi connectivity index (χ0v) is 19.2. The fraction of sp³-hybridized carbons (Fsp3) is 0.478. The zero-order valence-electron chi connectivity index (χ0n) is 19.2. The molecule has 34 heavy (non-hydrogen) atoms. The summed E-state index contributed by atoms with van der Waals surface area (Å²) >= 11 is 0. The van der Waals surface area contributed by atoms with Gasteiger partial charge in [0.1, 0.15) is 11.4 Å². The standard InChI is InChI=1S/C23H28F2N6O3/c1-3-10-30-17-12-27-22(28-16-9-8-14(19(26)32)11-18(16)34-2)29-20(17)31(15-6-4-5-7-15)13-23(24,25)21(30)33/h8-9,11-12,15H,3-7,10,13H2,1-2H3,(H2,26,32)(H,27,28,29). The predicted octanol–water partition coefficient (Wildman–Crippen LogP) is 3.47. The fourth-order valence-electron chi connectivity index (χ4n) is 4.52. The lowest BCUT2D eigenvalue weighted by atomic mass is 10.2. The molecule has 2 amide bonds. The molecule has 11 heteroatoms. The van der Waals surface area contributed by atoms with Crippen LogP contribution >= 0.6 is 0 Å². The Morgan fingerprint density at radius 1 is 1.32 bits per heavy atom. The largest absolute Gasteiger partial charge is 0.495 e. The number of rotatable bonds is 7. The number of hydrogen-bond donors (Lipinski definition) is 2. The predicted molar refractivity (Wildman–Crippen MR) is 124 cm³/mol. The summed E-state index contributed by atoms with van der Waals surface area (Å²) < 4.78 is 35.3. The Kier molecular flexibility index (Phi) is 6.54. The molecule has 1 saturated carbocycles. The Morgan fingerprint density at radius 3 is 2.71 bits per heavy atom. The minimum atomic E-state index is -3.54. The Hall–Kier alpha value is -3.50. The normalized spacial score (nSPS) is 17.9. The lowest BCUT2D eigenvalue weighted by Gasteiger charge is -2.31. The Bertz CT molecular complexity index is 1090. The number of nitrogens with two attached hydrogens (primary N) is 1. The molecule has 4 rings (SSSR count). The first-order valence-corrected chi connectivity index (χ1v) is 11.3. The second-order valence-corrected chi connectivity index (χ2v) is 8.53. The Labute approximate surface area is 196 Å². The van der Waals surface area contributed by atoms with Crippen molar-refractivity contribution in [1.29, 1.82) is 0 Å². The van der Waals surface area contributed by atoms with Gasteiger partial charge in [0.2, 0.25) is 11.9 Å². The molecule has 0 bridgehead atoms. The molecule has 0 unspecified atom stereocenters. The number of methoxy groups -OCH3 is 1. The number of anilines is 4. The summed E-state index contributed by atoms with van der Waals surface area (Å²) in [5, 5.41) is 3.03. The summed E-state index contributed by atoms with van der Waals surface area (Å²) in [6.45, 7) is 1.23. The number of carbonyl (C=O) groups is 2. The van der Waals surface area contributed by atoms with Crippen molar-refractivity contribution in [3.63, 3.8) is 0 Å². The molecule has 0 saturated heterocycles. The van der Waals surface area contributed by atoms with E-state index in [4.69, 9.17) is 10.5 Å². The van der Waals surface area contributed by atoms with E-state index in [0.717, 1.165) is 30.6 Å². The summed E-state index contributed by atoms with van der Waals surface area (Å²) in [5.74, 6) is -4.57. The van der Waals surface area contributed by atoms with Gasteiger partial charge in [-0.25, -0.2) is 4.98 Å². The molecule has 1 aliphatic heterocycles. The van der Waals surface area contributed by atoms with Gasteiger partial charge in [0.05, 0.1) is 25.5 Å². The molecule has 0 radical (unpaired) electrons. The van der Waals surface area contributed by atoms with E-state index in [1.54, 1.807) is 11.0 Å². The molecule has 2 aliphatic rings. The summed E-state index contributed by atoms with van der Waals surface area (Å²) in [6, 6.07) is 4.49. The third kappa shape index (κ3) is 4.46. The maximum atomic E-state index is 15.0. The van der Waals surface area contributed by atoms with Crippen molar-refractivity contribution in [3.8, 4) is 5.75 Å². The first-order valence-electron chi connectivity index (χ1n) is 11.3. The van der Waals surface area contributed by atoms with Crippen LogP contribution in [0.4, 0.5) is 31.9 Å². The van der Waals surface area contributed by atoms with E-state index in [-0.39, 0.29) is 29.8 Å². The first-order chi connectivity index (χ1) is 16.2. The fourth-order valence-corrected chi connectivity index (χ4v) is 4.52. The van der Waals surface area contributed by atoms with Gasteiger partial charge in [-0.2, -0.15) is 13.8 Å². The van der Waals surface area contributed by atoms with E-state index in [1.165, 1.54) is 25.4 Å². The van der Waals surface area contributed by atoms with Crippen LogP contribution in [0, 0.1) is 0 Å². The highest BCUT2D eigenvalue weighted by molar-refractivity contribution is 6.02. The number of fused-ring (bicyclic) bond motifs is 1. The molecule has 0 atom stereocenters. The van der Waals surface area contributed by atoms with Crippen molar-refractivity contribution in [1.82, 2.24) is 9.97 Å². The number of halogens is 2. The molecule has 2 aromatic rings. The minimum absolute atomic E-state index is 0.133. The Morgan fingerprint density at radius 2 is 2.06 bits per heavy atom. The van der Waals surface area contributed by atoms with Gasteiger partial charge in [-0.1, -0.05) is 19.8 Å². The average molecular weight is 475 g/mol. The summed E-state index contributed by atoms with van der Waals surface area (Å²) in [7, 11) is 1.45. The summed E-state index contributed by atoms with van der Waals surface area (Å²) in [4.78, 5) is 35.8. The molecule has 1 aromatic heterocycles. The van der Waals surface area contributed by atoms with Crippen LogP contribution in [0.3, 0.4) is 0 Å². The van der Waals surface area contributed by atoms with Crippen LogP contribution in [0.1, 0.15) is 49.4 Å². The van der Waals surface area contributed by atoms with Crippen LogP contribution in [0.5, 0.6) is 5.75 Å². The van der Waals surface area contributed by atoms with Crippen molar-refractivity contribution in [2.75, 3.05) is 35.3 Å². The molecular formula is C23H28F2N6O3. The molecule has 3 N–H and O–H groups in total. The summed E-state index contributed by atoms with van der Waals surface area (Å²) in [6.07, 6.45) is 5.31. The van der Waals surface area contributed by atoms with E-state index in [2.05, 4.69) is 15.3 Å². The highest BCUT2D eigenvalue weighted by atomic mass is 19.3. The Balaban J connectivity index is 1.77. The smallest absolute Gasteiger partial charge is 0.342 e. The second-order valence-electron chi connectivity index (χ2n) is 8.53. The number of aromatic nitrogens is 2. The van der Waals surface area contributed by atoms with Gasteiger partial charge in [-0.15, -0.1) is 0 Å². The molecule has 9 nitrogen and oxygen atoms in total. The summed E-state index contributed by atoms with van der Waals surface area (Å²) in [5.41, 5.74) is 6.36. The number of nitrogens with one attached hydrogen (secondary N) is 1. The van der Waals surface area contributed by atoms with Gasteiger partial charge in [-0.05, 0) is 37.5 Å². The maximum absolute atomic E-state index is 15.0. The van der Waals surface area contributed by atoms with Crippen LogP contribution in [0.2, 0.25) is 0 Å². The zero-order chi connectivity index (χ0) is 24.5. The van der Waals surface area contributed by atoms with Gasteiger partial charge in [0, 0.05) is 18.2 Å². The maximum Gasteiger partial charge on any atom is 0.342 e. The highest BCUT2D eigenvalue weighted by Gasteiger charge is 2.49. The lowest BCUT2D eigenvalue weighted by Crippen LogP contribution is -2.49. The monoisotopic (exact) mass is 474 g/mol. The van der Waals surface area contributed by atoms with Crippen LogP contribution in [-0.4, -0.2) is 53.9 Å². The molecule has 0 spiro atoms. The van der Waals surface area contributed by atoms with Crippen molar-refractivity contribution in [2.45, 2.75) is 51.0 Å². The number of nitrogens with zero attached hydrogens (tertiary/aromatic N) is 4. The molecule has 1 fully saturated rings. The average Bonchev–Trinajstić information content (AvgIpc) is 3.33. The topological polar surface area (TPSA) is 114 Å². The number of ether oxygens (including phenoxy) is 1. The van der Waals surface area contributed by atoms with E-state index < -0.39 is 24.3 Å². The van der Waals surface area contributed by atoms with Gasteiger partial charge in [0.15, 0.2) is 5.82 Å². The number of benzene rings is 1. The molecule has 1 aliphatic carbocycles. The molecule has 1 aromatic carbocycles. The van der Waals surface area contributed by atoms with Gasteiger partial charge < -0.3 is 25.6 Å². The van der Waals surface area contributed by atoms with Gasteiger partial charge >= 0.3 is 5.92 Å². The molecule has 182 valence electrons. The number of alkyl halides is 2. The third-order valence-corrected chi connectivity index (χ3v) is 6.19. The number of amides is 2. The van der Waals surface area contributed by atoms with Crippen LogP contribution in [0.25, 0.3) is 0 Å². The van der Waals surface area contributed by atoms with Crippen molar-refractivity contribution < 1.29 is 23.1 Å². The van der Waals surface area contributed by atoms with E-state index in [1.807, 2.05) is 6.92 Å².